The van der Waals surface area contributed by atoms with Gasteiger partial charge >= 0.3 is 6.03 Å². The summed E-state index contributed by atoms with van der Waals surface area (Å²) >= 11 is 0. The van der Waals surface area contributed by atoms with Crippen LogP contribution in [0.5, 0.6) is 0 Å². The van der Waals surface area contributed by atoms with Gasteiger partial charge in [0.2, 0.25) is 11.7 Å². The Labute approximate surface area is 143 Å². The van der Waals surface area contributed by atoms with Crippen LogP contribution < -0.4 is 10.6 Å². The number of aromatic nitrogens is 2. The normalized spacial score (nSPS) is 13.9. The Morgan fingerprint density at radius 2 is 2.20 bits per heavy atom. The Kier molecular flexibility index (Phi) is 4.07. The van der Waals surface area contributed by atoms with Crippen molar-refractivity contribution < 1.29 is 13.7 Å². The van der Waals surface area contributed by atoms with Crippen LogP contribution in [0.4, 0.5) is 10.5 Å². The zero-order chi connectivity index (χ0) is 17.1. The predicted molar refractivity (Wildman–Crippen MR) is 89.6 cm³/mol. The van der Waals surface area contributed by atoms with E-state index >= 15 is 0 Å². The standard InChI is InChI=1S/C17H17N5O3/c23-17-18-6-7-22(17)10-12-3-1-2-4-14(12)19-9-15-20-16(21-25-15)13-5-8-24-11-13/h1-5,8,11,19H,6-7,9-10H2,(H,18,23). The molecule has 0 saturated carbocycles. The van der Waals surface area contributed by atoms with Crippen LogP contribution in [0.15, 0.2) is 51.8 Å². The highest BCUT2D eigenvalue weighted by Gasteiger charge is 2.20. The summed E-state index contributed by atoms with van der Waals surface area (Å²) < 4.78 is 10.3. The highest BCUT2D eigenvalue weighted by atomic mass is 16.5. The van der Waals surface area contributed by atoms with Gasteiger partial charge in [0.05, 0.1) is 18.4 Å². The van der Waals surface area contributed by atoms with Gasteiger partial charge in [0.25, 0.3) is 0 Å². The average molecular weight is 339 g/mol. The van der Waals surface area contributed by atoms with Crippen molar-refractivity contribution in [2.75, 3.05) is 18.4 Å². The number of nitrogens with one attached hydrogen (secondary N) is 2. The number of benzene rings is 1. The molecule has 1 aliphatic heterocycles. The SMILES string of the molecule is O=C1NCCN1Cc1ccccc1NCc1nc(-c2ccoc2)no1. The number of carbonyl (C=O) groups excluding carboxylic acids is 1. The zero-order valence-electron chi connectivity index (χ0n) is 13.4. The van der Waals surface area contributed by atoms with E-state index in [-0.39, 0.29) is 6.03 Å². The van der Waals surface area contributed by atoms with Crippen molar-refractivity contribution in [2.24, 2.45) is 0 Å². The molecule has 0 aliphatic carbocycles. The third kappa shape index (κ3) is 3.32. The maximum absolute atomic E-state index is 11.7. The number of para-hydroxylation sites is 1. The molecular formula is C17H17N5O3. The fraction of sp³-hybridized carbons (Fsp3) is 0.235. The van der Waals surface area contributed by atoms with Crippen molar-refractivity contribution in [1.82, 2.24) is 20.4 Å². The van der Waals surface area contributed by atoms with E-state index in [0.29, 0.717) is 37.9 Å². The molecule has 1 aromatic carbocycles. The number of carbonyl (C=O) groups is 1. The van der Waals surface area contributed by atoms with Crippen LogP contribution in [-0.4, -0.2) is 34.2 Å². The first-order valence-corrected chi connectivity index (χ1v) is 7.99. The minimum Gasteiger partial charge on any atom is -0.472 e. The molecule has 0 radical (unpaired) electrons. The first kappa shape index (κ1) is 15.3. The topological polar surface area (TPSA) is 96.4 Å². The van der Waals surface area contributed by atoms with Gasteiger partial charge in [0.1, 0.15) is 6.26 Å². The number of amides is 2. The van der Waals surface area contributed by atoms with Gasteiger partial charge in [-0.25, -0.2) is 4.79 Å². The molecule has 3 aromatic rings. The molecule has 1 fully saturated rings. The van der Waals surface area contributed by atoms with Crippen molar-refractivity contribution in [2.45, 2.75) is 13.1 Å². The molecule has 2 aromatic heterocycles. The Morgan fingerprint density at radius 3 is 3.00 bits per heavy atom. The van der Waals surface area contributed by atoms with Gasteiger partial charge in [-0.1, -0.05) is 23.4 Å². The van der Waals surface area contributed by atoms with Crippen LogP contribution in [0.2, 0.25) is 0 Å². The summed E-state index contributed by atoms with van der Waals surface area (Å²) in [6.45, 7) is 2.35. The van der Waals surface area contributed by atoms with E-state index in [4.69, 9.17) is 8.94 Å². The molecule has 25 heavy (non-hydrogen) atoms. The third-order valence-corrected chi connectivity index (χ3v) is 4.00. The Morgan fingerprint density at radius 1 is 1.28 bits per heavy atom. The number of hydrogen-bond acceptors (Lipinski definition) is 6. The monoisotopic (exact) mass is 339 g/mol. The van der Waals surface area contributed by atoms with Gasteiger partial charge in [-0.15, -0.1) is 0 Å². The number of rotatable bonds is 6. The van der Waals surface area contributed by atoms with Gasteiger partial charge in [-0.05, 0) is 17.7 Å². The summed E-state index contributed by atoms with van der Waals surface area (Å²) in [6.07, 6.45) is 3.13. The summed E-state index contributed by atoms with van der Waals surface area (Å²) in [5.74, 6) is 0.970. The van der Waals surface area contributed by atoms with Crippen LogP contribution in [0, 0.1) is 0 Å². The van der Waals surface area contributed by atoms with Gasteiger partial charge in [0, 0.05) is 25.3 Å². The number of urea groups is 1. The lowest BCUT2D eigenvalue weighted by atomic mass is 10.1. The molecule has 0 spiro atoms. The van der Waals surface area contributed by atoms with Crippen molar-refractivity contribution >= 4 is 11.7 Å². The van der Waals surface area contributed by atoms with Crippen LogP contribution in [0.1, 0.15) is 11.5 Å². The molecule has 1 aliphatic rings. The first-order valence-electron chi connectivity index (χ1n) is 7.99. The lowest BCUT2D eigenvalue weighted by molar-refractivity contribution is 0.215. The lowest BCUT2D eigenvalue weighted by Crippen LogP contribution is -2.27. The summed E-state index contributed by atoms with van der Waals surface area (Å²) in [7, 11) is 0. The third-order valence-electron chi connectivity index (χ3n) is 4.00. The molecule has 2 amide bonds. The molecule has 4 rings (SSSR count). The summed E-state index contributed by atoms with van der Waals surface area (Å²) in [5.41, 5.74) is 2.75. The zero-order valence-corrected chi connectivity index (χ0v) is 13.4. The van der Waals surface area contributed by atoms with Gasteiger partial charge < -0.3 is 24.5 Å². The van der Waals surface area contributed by atoms with Crippen LogP contribution in [0.25, 0.3) is 11.4 Å². The van der Waals surface area contributed by atoms with Crippen molar-refractivity contribution in [1.29, 1.82) is 0 Å². The van der Waals surface area contributed by atoms with Gasteiger partial charge in [0.15, 0.2) is 0 Å². The van der Waals surface area contributed by atoms with Gasteiger partial charge in [-0.2, -0.15) is 4.98 Å². The van der Waals surface area contributed by atoms with Crippen LogP contribution in [-0.2, 0) is 13.1 Å². The van der Waals surface area contributed by atoms with E-state index in [0.717, 1.165) is 16.8 Å². The Bertz CT molecular complexity index is 859. The van der Waals surface area contributed by atoms with E-state index in [2.05, 4.69) is 20.8 Å². The maximum Gasteiger partial charge on any atom is 0.317 e. The largest absolute Gasteiger partial charge is 0.472 e. The smallest absolute Gasteiger partial charge is 0.317 e. The minimum absolute atomic E-state index is 0.0311. The van der Waals surface area contributed by atoms with E-state index in [9.17, 15) is 4.79 Å². The number of anilines is 1. The Balaban J connectivity index is 1.43. The van der Waals surface area contributed by atoms with Crippen molar-refractivity contribution in [3.63, 3.8) is 0 Å². The molecule has 3 heterocycles. The van der Waals surface area contributed by atoms with E-state index in [1.54, 1.807) is 23.5 Å². The number of furan rings is 1. The van der Waals surface area contributed by atoms with Crippen LogP contribution in [0.3, 0.4) is 0 Å². The molecule has 2 N–H and O–H groups in total. The average Bonchev–Trinajstić information content (AvgIpc) is 3.36. The highest BCUT2D eigenvalue weighted by molar-refractivity contribution is 5.76. The highest BCUT2D eigenvalue weighted by Crippen LogP contribution is 2.20. The molecule has 128 valence electrons. The minimum atomic E-state index is -0.0311. The van der Waals surface area contributed by atoms with Gasteiger partial charge in [-0.3, -0.25) is 0 Å². The number of nitrogens with zero attached hydrogens (tertiary/aromatic N) is 3. The molecular weight excluding hydrogens is 322 g/mol. The molecule has 8 heteroatoms. The lowest BCUT2D eigenvalue weighted by Gasteiger charge is -2.17. The van der Waals surface area contributed by atoms with Crippen molar-refractivity contribution in [3.8, 4) is 11.4 Å². The Hall–Kier alpha value is -3.29. The fourth-order valence-corrected chi connectivity index (χ4v) is 2.70. The first-order chi connectivity index (χ1) is 12.3. The van der Waals surface area contributed by atoms with E-state index in [1.165, 1.54) is 0 Å². The summed E-state index contributed by atoms with van der Waals surface area (Å²) in [4.78, 5) is 17.9. The fourth-order valence-electron chi connectivity index (χ4n) is 2.70. The summed E-state index contributed by atoms with van der Waals surface area (Å²) in [5, 5.41) is 10.0. The summed E-state index contributed by atoms with van der Waals surface area (Å²) in [6, 6.07) is 9.61. The van der Waals surface area contributed by atoms with E-state index < -0.39 is 0 Å². The second-order valence-electron chi connectivity index (χ2n) is 5.69. The molecule has 1 saturated heterocycles. The predicted octanol–water partition coefficient (Wildman–Crippen LogP) is 2.47. The quantitative estimate of drug-likeness (QED) is 0.716. The number of hydrogen-bond donors (Lipinski definition) is 2. The molecule has 8 nitrogen and oxygen atoms in total. The maximum atomic E-state index is 11.7. The second-order valence-corrected chi connectivity index (χ2v) is 5.69. The van der Waals surface area contributed by atoms with Crippen molar-refractivity contribution in [3.05, 3.63) is 54.3 Å². The van der Waals surface area contributed by atoms with Crippen LogP contribution >= 0.6 is 0 Å². The molecule has 0 atom stereocenters. The van der Waals surface area contributed by atoms with E-state index in [1.807, 2.05) is 24.3 Å². The molecule has 0 bridgehead atoms. The molecule has 0 unspecified atom stereocenters. The second kappa shape index (κ2) is 6.68.